The van der Waals surface area contributed by atoms with Crippen LogP contribution in [0.1, 0.15) is 25.7 Å². The summed E-state index contributed by atoms with van der Waals surface area (Å²) in [6.07, 6.45) is 3.91. The van der Waals surface area contributed by atoms with Gasteiger partial charge in [-0.25, -0.2) is 0 Å². The van der Waals surface area contributed by atoms with Crippen molar-refractivity contribution >= 4 is 11.9 Å². The molecule has 2 heterocycles. The van der Waals surface area contributed by atoms with Crippen LogP contribution in [0, 0.1) is 5.92 Å². The number of nitrogens with zero attached hydrogens (tertiary/aromatic N) is 5. The van der Waals surface area contributed by atoms with Crippen molar-refractivity contribution in [1.82, 2.24) is 19.9 Å². The van der Waals surface area contributed by atoms with Crippen LogP contribution in [0.4, 0.5) is 5.95 Å². The summed E-state index contributed by atoms with van der Waals surface area (Å²) in [4.78, 5) is 28.8. The Labute approximate surface area is 135 Å². The van der Waals surface area contributed by atoms with E-state index in [1.807, 2.05) is 11.9 Å². The number of carbonyl (C=O) groups is 1. The van der Waals surface area contributed by atoms with Crippen LogP contribution in [-0.2, 0) is 4.79 Å². The maximum absolute atomic E-state index is 12.2. The first-order valence-corrected chi connectivity index (χ1v) is 7.98. The predicted molar refractivity (Wildman–Crippen MR) is 83.7 cm³/mol. The molecule has 0 N–H and O–H groups in total. The fraction of sp³-hybridized carbons (Fsp3) is 0.733. The monoisotopic (exact) mass is 321 g/mol. The minimum absolute atomic E-state index is 0.245. The third kappa shape index (κ3) is 3.46. The minimum atomic E-state index is 0.245. The molecule has 0 atom stereocenters. The molecule has 126 valence electrons. The SMILES string of the molecule is COc1nc(OC)nc(N2CCC(N(C)C(=O)C3CC3)CC2)n1. The lowest BCUT2D eigenvalue weighted by Crippen LogP contribution is -2.46. The fourth-order valence-corrected chi connectivity index (χ4v) is 2.90. The number of piperidine rings is 1. The molecule has 0 unspecified atom stereocenters. The summed E-state index contributed by atoms with van der Waals surface area (Å²) in [6, 6.07) is 0.787. The zero-order chi connectivity index (χ0) is 16.4. The number of hydrogen-bond donors (Lipinski definition) is 0. The molecular formula is C15H23N5O3. The average molecular weight is 321 g/mol. The van der Waals surface area contributed by atoms with Crippen LogP contribution in [0.5, 0.6) is 12.0 Å². The summed E-state index contributed by atoms with van der Waals surface area (Å²) < 4.78 is 10.2. The minimum Gasteiger partial charge on any atom is -0.467 e. The summed E-state index contributed by atoms with van der Waals surface area (Å²) in [7, 11) is 4.96. The molecule has 0 bridgehead atoms. The number of methoxy groups -OCH3 is 2. The van der Waals surface area contributed by atoms with Crippen LogP contribution in [-0.4, -0.2) is 66.2 Å². The molecular weight excluding hydrogens is 298 g/mol. The van der Waals surface area contributed by atoms with Crippen LogP contribution >= 0.6 is 0 Å². The molecule has 1 amide bonds. The van der Waals surface area contributed by atoms with Crippen molar-refractivity contribution in [3.8, 4) is 12.0 Å². The Kier molecular flexibility index (Phi) is 4.49. The molecule has 1 aliphatic carbocycles. The van der Waals surface area contributed by atoms with E-state index in [4.69, 9.17) is 9.47 Å². The van der Waals surface area contributed by atoms with Crippen molar-refractivity contribution in [2.24, 2.45) is 5.92 Å². The molecule has 1 aromatic rings. The maximum Gasteiger partial charge on any atom is 0.324 e. The van der Waals surface area contributed by atoms with Gasteiger partial charge in [0.05, 0.1) is 14.2 Å². The van der Waals surface area contributed by atoms with Gasteiger partial charge in [0.15, 0.2) is 0 Å². The lowest BCUT2D eigenvalue weighted by Gasteiger charge is -2.36. The number of rotatable bonds is 5. The Morgan fingerprint density at radius 2 is 1.61 bits per heavy atom. The van der Waals surface area contributed by atoms with Gasteiger partial charge in [0.1, 0.15) is 0 Å². The molecule has 0 radical (unpaired) electrons. The van der Waals surface area contributed by atoms with Gasteiger partial charge < -0.3 is 19.3 Å². The molecule has 8 nitrogen and oxygen atoms in total. The molecule has 1 aliphatic heterocycles. The quantitative estimate of drug-likeness (QED) is 0.790. The fourth-order valence-electron chi connectivity index (χ4n) is 2.90. The van der Waals surface area contributed by atoms with Crippen LogP contribution in [0.2, 0.25) is 0 Å². The van der Waals surface area contributed by atoms with E-state index in [2.05, 4.69) is 19.9 Å². The van der Waals surface area contributed by atoms with Gasteiger partial charge in [-0.3, -0.25) is 4.79 Å². The van der Waals surface area contributed by atoms with Crippen molar-refractivity contribution in [2.75, 3.05) is 39.3 Å². The molecule has 8 heteroatoms. The molecule has 1 saturated carbocycles. The Hall–Kier alpha value is -2.12. The highest BCUT2D eigenvalue weighted by molar-refractivity contribution is 5.81. The largest absolute Gasteiger partial charge is 0.467 e. The van der Waals surface area contributed by atoms with Crippen LogP contribution < -0.4 is 14.4 Å². The van der Waals surface area contributed by atoms with Crippen LogP contribution in [0.15, 0.2) is 0 Å². The first-order chi connectivity index (χ1) is 11.1. The Morgan fingerprint density at radius 1 is 1.04 bits per heavy atom. The molecule has 2 fully saturated rings. The first-order valence-electron chi connectivity index (χ1n) is 7.98. The molecule has 3 rings (SSSR count). The van der Waals surface area contributed by atoms with Gasteiger partial charge in [0.2, 0.25) is 11.9 Å². The Bertz CT molecular complexity index is 548. The van der Waals surface area contributed by atoms with E-state index in [-0.39, 0.29) is 17.9 Å². The number of aromatic nitrogens is 3. The van der Waals surface area contributed by atoms with Gasteiger partial charge in [-0.15, -0.1) is 4.98 Å². The number of amides is 1. The third-order valence-electron chi connectivity index (χ3n) is 4.52. The van der Waals surface area contributed by atoms with Crippen molar-refractivity contribution in [3.05, 3.63) is 0 Å². The van der Waals surface area contributed by atoms with Gasteiger partial charge in [0, 0.05) is 32.1 Å². The molecule has 0 aromatic carbocycles. The molecule has 23 heavy (non-hydrogen) atoms. The van der Waals surface area contributed by atoms with E-state index < -0.39 is 0 Å². The molecule has 1 saturated heterocycles. The van der Waals surface area contributed by atoms with Crippen LogP contribution in [0.3, 0.4) is 0 Å². The van der Waals surface area contributed by atoms with Gasteiger partial charge in [-0.05, 0) is 25.7 Å². The summed E-state index contributed by atoms with van der Waals surface area (Å²) in [5, 5.41) is 0. The van der Waals surface area contributed by atoms with Gasteiger partial charge in [0.25, 0.3) is 0 Å². The number of carbonyl (C=O) groups excluding carboxylic acids is 1. The second kappa shape index (κ2) is 6.55. The molecule has 2 aliphatic rings. The average Bonchev–Trinajstić information content (AvgIpc) is 3.45. The highest BCUT2D eigenvalue weighted by Crippen LogP contribution is 2.32. The zero-order valence-electron chi connectivity index (χ0n) is 13.9. The summed E-state index contributed by atoms with van der Waals surface area (Å²) in [5.74, 6) is 1.13. The van der Waals surface area contributed by atoms with E-state index in [1.165, 1.54) is 14.2 Å². The smallest absolute Gasteiger partial charge is 0.324 e. The summed E-state index contributed by atoms with van der Waals surface area (Å²) >= 11 is 0. The number of anilines is 1. The van der Waals surface area contributed by atoms with E-state index in [0.717, 1.165) is 38.8 Å². The van der Waals surface area contributed by atoms with Gasteiger partial charge in [-0.1, -0.05) is 0 Å². The van der Waals surface area contributed by atoms with Gasteiger partial charge in [-0.2, -0.15) is 9.97 Å². The summed E-state index contributed by atoms with van der Waals surface area (Å²) in [5.41, 5.74) is 0. The van der Waals surface area contributed by atoms with Crippen molar-refractivity contribution in [2.45, 2.75) is 31.7 Å². The van der Waals surface area contributed by atoms with Crippen LogP contribution in [0.25, 0.3) is 0 Å². The third-order valence-corrected chi connectivity index (χ3v) is 4.52. The maximum atomic E-state index is 12.2. The van der Waals surface area contributed by atoms with Crippen molar-refractivity contribution in [3.63, 3.8) is 0 Å². The zero-order valence-corrected chi connectivity index (χ0v) is 13.9. The van der Waals surface area contributed by atoms with Crippen molar-refractivity contribution < 1.29 is 14.3 Å². The molecule has 0 spiro atoms. The lowest BCUT2D eigenvalue weighted by molar-refractivity contribution is -0.133. The van der Waals surface area contributed by atoms with E-state index in [9.17, 15) is 4.79 Å². The second-order valence-corrected chi connectivity index (χ2v) is 6.05. The van der Waals surface area contributed by atoms with Crippen molar-refractivity contribution in [1.29, 1.82) is 0 Å². The van der Waals surface area contributed by atoms with Gasteiger partial charge >= 0.3 is 12.0 Å². The Morgan fingerprint density at radius 3 is 2.09 bits per heavy atom. The highest BCUT2D eigenvalue weighted by Gasteiger charge is 2.35. The topological polar surface area (TPSA) is 80.7 Å². The molecule has 1 aromatic heterocycles. The predicted octanol–water partition coefficient (Wildman–Crippen LogP) is 0.726. The van der Waals surface area contributed by atoms with E-state index in [1.54, 1.807) is 0 Å². The summed E-state index contributed by atoms with van der Waals surface area (Å²) in [6.45, 7) is 1.59. The number of hydrogen-bond acceptors (Lipinski definition) is 7. The lowest BCUT2D eigenvalue weighted by atomic mass is 10.0. The van der Waals surface area contributed by atoms with E-state index in [0.29, 0.717) is 17.9 Å². The second-order valence-electron chi connectivity index (χ2n) is 6.05. The first kappa shape index (κ1) is 15.8. The standard InChI is InChI=1S/C15H23N5O3/c1-19(12(21)10-4-5-10)11-6-8-20(9-7-11)13-16-14(22-2)18-15(17-13)23-3/h10-11H,4-9H2,1-3H3. The van der Waals surface area contributed by atoms with E-state index >= 15 is 0 Å². The normalized spacial score (nSPS) is 18.7. The Balaban J connectivity index is 1.63. The highest BCUT2D eigenvalue weighted by atomic mass is 16.5. The number of ether oxygens (including phenoxy) is 2.